The number of hydrogen-bond donors (Lipinski definition) is 2. The van der Waals surface area contributed by atoms with Crippen LogP contribution in [0, 0.1) is 5.82 Å². The molecular weight excluding hydrogens is 239 g/mol. The number of amides is 1. The van der Waals surface area contributed by atoms with E-state index in [9.17, 15) is 9.18 Å². The number of carbonyl (C=O) groups excluding carboxylic acids is 1. The van der Waals surface area contributed by atoms with Gasteiger partial charge in [-0.15, -0.1) is 0 Å². The summed E-state index contributed by atoms with van der Waals surface area (Å²) in [6, 6.07) is 4.49. The topological polar surface area (TPSA) is 61.8 Å². The second-order valence-corrected chi connectivity index (χ2v) is 3.99. The molecule has 0 saturated carbocycles. The van der Waals surface area contributed by atoms with Gasteiger partial charge in [0.25, 0.3) is 0 Å². The van der Waals surface area contributed by atoms with Crippen LogP contribution in [0.25, 0.3) is 0 Å². The summed E-state index contributed by atoms with van der Waals surface area (Å²) >= 11 is 0. The smallest absolute Gasteiger partial charge is 0.414 e. The molecule has 6 heteroatoms. The third-order valence-electron chi connectivity index (χ3n) is 2.71. The van der Waals surface area contributed by atoms with Gasteiger partial charge in [-0.3, -0.25) is 4.90 Å². The van der Waals surface area contributed by atoms with E-state index < -0.39 is 18.0 Å². The Hall–Kier alpha value is -1.82. The van der Waals surface area contributed by atoms with E-state index in [1.54, 1.807) is 12.1 Å². The van der Waals surface area contributed by atoms with Crippen LogP contribution in [0.5, 0.6) is 0 Å². The van der Waals surface area contributed by atoms with Crippen LogP contribution in [0.4, 0.5) is 20.6 Å². The number of nitrogens with zero attached hydrogens (tertiary/aromatic N) is 1. The summed E-state index contributed by atoms with van der Waals surface area (Å²) in [5, 5.41) is 11.8. The highest BCUT2D eigenvalue weighted by atomic mass is 19.1. The molecule has 0 aromatic heterocycles. The summed E-state index contributed by atoms with van der Waals surface area (Å²) in [5.74, 6) is -0.422. The monoisotopic (exact) mass is 254 g/mol. The molecule has 1 aliphatic heterocycles. The maximum atomic E-state index is 13.7. The van der Waals surface area contributed by atoms with Crippen molar-refractivity contribution in [3.8, 4) is 0 Å². The van der Waals surface area contributed by atoms with Gasteiger partial charge in [-0.25, -0.2) is 9.18 Å². The lowest BCUT2D eigenvalue weighted by atomic mass is 10.2. The third kappa shape index (κ3) is 2.38. The van der Waals surface area contributed by atoms with Gasteiger partial charge in [0.2, 0.25) is 0 Å². The van der Waals surface area contributed by atoms with Crippen molar-refractivity contribution in [3.05, 3.63) is 24.0 Å². The van der Waals surface area contributed by atoms with E-state index in [4.69, 9.17) is 9.84 Å². The van der Waals surface area contributed by atoms with Gasteiger partial charge in [0.1, 0.15) is 11.9 Å². The SMILES string of the molecule is CCNc1ccc(N2CC(CO)OC2=O)cc1F. The first-order valence-electron chi connectivity index (χ1n) is 5.78. The maximum absolute atomic E-state index is 13.7. The molecule has 0 spiro atoms. The van der Waals surface area contributed by atoms with Crippen molar-refractivity contribution in [3.63, 3.8) is 0 Å². The number of benzene rings is 1. The van der Waals surface area contributed by atoms with Crippen LogP contribution in [-0.2, 0) is 4.74 Å². The number of carbonyl (C=O) groups is 1. The number of nitrogens with one attached hydrogen (secondary N) is 1. The molecule has 2 rings (SSSR count). The molecule has 0 bridgehead atoms. The van der Waals surface area contributed by atoms with Crippen molar-refractivity contribution in [2.75, 3.05) is 29.9 Å². The Morgan fingerprint density at radius 3 is 2.94 bits per heavy atom. The molecule has 2 N–H and O–H groups in total. The Morgan fingerprint density at radius 2 is 2.39 bits per heavy atom. The molecule has 1 heterocycles. The van der Waals surface area contributed by atoms with E-state index in [1.165, 1.54) is 11.0 Å². The number of aliphatic hydroxyl groups is 1. The first-order valence-corrected chi connectivity index (χ1v) is 5.78. The average Bonchev–Trinajstić information content (AvgIpc) is 2.73. The zero-order chi connectivity index (χ0) is 13.1. The maximum Gasteiger partial charge on any atom is 0.414 e. The first-order chi connectivity index (χ1) is 8.65. The molecule has 1 atom stereocenters. The van der Waals surface area contributed by atoms with Gasteiger partial charge < -0.3 is 15.2 Å². The normalized spacial score (nSPS) is 18.9. The molecule has 1 amide bonds. The van der Waals surface area contributed by atoms with E-state index >= 15 is 0 Å². The summed E-state index contributed by atoms with van der Waals surface area (Å²) < 4.78 is 18.6. The highest BCUT2D eigenvalue weighted by Crippen LogP contribution is 2.25. The van der Waals surface area contributed by atoms with Crippen molar-refractivity contribution in [1.82, 2.24) is 0 Å². The lowest BCUT2D eigenvalue weighted by molar-refractivity contribution is 0.0963. The summed E-state index contributed by atoms with van der Waals surface area (Å²) in [7, 11) is 0. The molecule has 1 aromatic rings. The second kappa shape index (κ2) is 5.22. The number of rotatable bonds is 4. The molecular formula is C12H15FN2O3. The van der Waals surface area contributed by atoms with E-state index in [2.05, 4.69) is 5.32 Å². The number of cyclic esters (lactones) is 1. The molecule has 0 radical (unpaired) electrons. The van der Waals surface area contributed by atoms with E-state index in [0.717, 1.165) is 0 Å². The Labute approximate surface area is 104 Å². The van der Waals surface area contributed by atoms with Gasteiger partial charge in [0.15, 0.2) is 0 Å². The van der Waals surface area contributed by atoms with Crippen LogP contribution in [0.15, 0.2) is 18.2 Å². The highest BCUT2D eigenvalue weighted by molar-refractivity contribution is 5.90. The fraction of sp³-hybridized carbons (Fsp3) is 0.417. The number of ether oxygens (including phenoxy) is 1. The minimum atomic E-state index is -0.565. The Balaban J connectivity index is 2.19. The lowest BCUT2D eigenvalue weighted by Crippen LogP contribution is -2.25. The van der Waals surface area contributed by atoms with Gasteiger partial charge in [-0.2, -0.15) is 0 Å². The Morgan fingerprint density at radius 1 is 1.61 bits per heavy atom. The van der Waals surface area contributed by atoms with Crippen LogP contribution in [-0.4, -0.2) is 37.0 Å². The van der Waals surface area contributed by atoms with Crippen LogP contribution < -0.4 is 10.2 Å². The molecule has 1 aromatic carbocycles. The van der Waals surface area contributed by atoms with E-state index in [1.807, 2.05) is 6.92 Å². The molecule has 0 aliphatic carbocycles. The lowest BCUT2D eigenvalue weighted by Gasteiger charge is -2.14. The van der Waals surface area contributed by atoms with E-state index in [0.29, 0.717) is 17.9 Å². The van der Waals surface area contributed by atoms with E-state index in [-0.39, 0.29) is 13.2 Å². The van der Waals surface area contributed by atoms with Gasteiger partial charge in [-0.05, 0) is 25.1 Å². The Kier molecular flexibility index (Phi) is 3.66. The number of halogens is 1. The van der Waals surface area contributed by atoms with Gasteiger partial charge in [-0.1, -0.05) is 0 Å². The quantitative estimate of drug-likeness (QED) is 0.856. The van der Waals surface area contributed by atoms with Crippen molar-refractivity contribution in [1.29, 1.82) is 0 Å². The first kappa shape index (κ1) is 12.6. The van der Waals surface area contributed by atoms with Crippen molar-refractivity contribution in [2.45, 2.75) is 13.0 Å². The average molecular weight is 254 g/mol. The zero-order valence-corrected chi connectivity index (χ0v) is 10.0. The minimum Gasteiger partial charge on any atom is -0.441 e. The third-order valence-corrected chi connectivity index (χ3v) is 2.71. The van der Waals surface area contributed by atoms with Crippen molar-refractivity contribution in [2.24, 2.45) is 0 Å². The van der Waals surface area contributed by atoms with Crippen LogP contribution in [0.3, 0.4) is 0 Å². The van der Waals surface area contributed by atoms with Crippen LogP contribution >= 0.6 is 0 Å². The van der Waals surface area contributed by atoms with Gasteiger partial charge >= 0.3 is 6.09 Å². The van der Waals surface area contributed by atoms with Crippen LogP contribution in [0.1, 0.15) is 6.92 Å². The minimum absolute atomic E-state index is 0.231. The fourth-order valence-corrected chi connectivity index (χ4v) is 1.83. The van der Waals surface area contributed by atoms with Gasteiger partial charge in [0.05, 0.1) is 24.5 Å². The molecule has 1 aliphatic rings. The largest absolute Gasteiger partial charge is 0.441 e. The number of aliphatic hydroxyl groups excluding tert-OH is 1. The summed E-state index contributed by atoms with van der Waals surface area (Å²) in [6.45, 7) is 2.49. The fourth-order valence-electron chi connectivity index (χ4n) is 1.83. The molecule has 5 nitrogen and oxygen atoms in total. The molecule has 1 saturated heterocycles. The predicted octanol–water partition coefficient (Wildman–Crippen LogP) is 1.57. The molecule has 18 heavy (non-hydrogen) atoms. The molecule has 1 unspecified atom stereocenters. The standard InChI is InChI=1S/C12H15FN2O3/c1-2-14-11-4-3-8(5-10(11)13)15-6-9(7-16)18-12(15)17/h3-5,9,14,16H,2,6-7H2,1H3. The summed E-state index contributed by atoms with van der Waals surface area (Å²) in [4.78, 5) is 12.8. The summed E-state index contributed by atoms with van der Waals surface area (Å²) in [6.07, 6.45) is -1.11. The number of anilines is 2. The molecule has 98 valence electrons. The predicted molar refractivity (Wildman–Crippen MR) is 65.3 cm³/mol. The van der Waals surface area contributed by atoms with Gasteiger partial charge in [0, 0.05) is 6.54 Å². The van der Waals surface area contributed by atoms with Crippen molar-refractivity contribution < 1.29 is 19.0 Å². The Bertz CT molecular complexity index is 453. The number of hydrogen-bond acceptors (Lipinski definition) is 4. The summed E-state index contributed by atoms with van der Waals surface area (Å²) in [5.41, 5.74) is 0.822. The van der Waals surface area contributed by atoms with Crippen LogP contribution in [0.2, 0.25) is 0 Å². The molecule has 1 fully saturated rings. The zero-order valence-electron chi connectivity index (χ0n) is 10.0. The second-order valence-electron chi connectivity index (χ2n) is 3.99. The highest BCUT2D eigenvalue weighted by Gasteiger charge is 2.32. The van der Waals surface area contributed by atoms with Crippen molar-refractivity contribution >= 4 is 17.5 Å².